The van der Waals surface area contributed by atoms with Crippen LogP contribution in [0.3, 0.4) is 0 Å². The zero-order valence-electron chi connectivity index (χ0n) is 14.9. The van der Waals surface area contributed by atoms with E-state index in [9.17, 15) is 4.79 Å². The van der Waals surface area contributed by atoms with Gasteiger partial charge in [0.1, 0.15) is 6.04 Å². The van der Waals surface area contributed by atoms with Gasteiger partial charge in [-0.3, -0.25) is 4.79 Å². The van der Waals surface area contributed by atoms with Crippen molar-refractivity contribution in [3.63, 3.8) is 0 Å². The van der Waals surface area contributed by atoms with E-state index in [2.05, 4.69) is 64.6 Å². The average Bonchev–Trinajstić information content (AvgIpc) is 3.27. The third-order valence-electron chi connectivity index (χ3n) is 5.70. The molecule has 1 saturated heterocycles. The summed E-state index contributed by atoms with van der Waals surface area (Å²) in [6.07, 6.45) is 3.05. The number of nitrogens with zero attached hydrogens (tertiary/aromatic N) is 2. The smallest absolute Gasteiger partial charge is 0.242 e. The highest BCUT2D eigenvalue weighted by molar-refractivity contribution is 5.83. The van der Waals surface area contributed by atoms with Gasteiger partial charge in [-0.15, -0.1) is 0 Å². The molecule has 5 nitrogen and oxygen atoms in total. The Bertz CT molecular complexity index is 741. The predicted molar refractivity (Wildman–Crippen MR) is 97.6 cm³/mol. The summed E-state index contributed by atoms with van der Waals surface area (Å²) in [7, 11) is 0. The molecule has 1 aromatic heterocycles. The lowest BCUT2D eigenvalue weighted by molar-refractivity contribution is -0.137. The van der Waals surface area contributed by atoms with Crippen LogP contribution in [0.4, 0.5) is 0 Å². The van der Waals surface area contributed by atoms with E-state index in [4.69, 9.17) is 0 Å². The van der Waals surface area contributed by atoms with Gasteiger partial charge in [0.05, 0.1) is 12.1 Å². The van der Waals surface area contributed by atoms with E-state index in [1.165, 1.54) is 11.3 Å². The van der Waals surface area contributed by atoms with Gasteiger partial charge in [0, 0.05) is 30.9 Å². The average molecular weight is 338 g/mol. The van der Waals surface area contributed by atoms with Crippen molar-refractivity contribution in [2.75, 3.05) is 6.54 Å². The molecule has 5 heteroatoms. The Labute approximate surface area is 149 Å². The van der Waals surface area contributed by atoms with Gasteiger partial charge in [-0.2, -0.15) is 0 Å². The van der Waals surface area contributed by atoms with Crippen molar-refractivity contribution in [1.29, 1.82) is 0 Å². The quantitative estimate of drug-likeness (QED) is 0.904. The summed E-state index contributed by atoms with van der Waals surface area (Å²) in [5.74, 6) is 0.402. The van der Waals surface area contributed by atoms with Crippen LogP contribution in [0.25, 0.3) is 0 Å². The number of hydrogen-bond acceptors (Lipinski definition) is 3. The van der Waals surface area contributed by atoms with E-state index in [1.807, 2.05) is 18.2 Å². The second-order valence-corrected chi connectivity index (χ2v) is 7.10. The van der Waals surface area contributed by atoms with Crippen LogP contribution in [-0.2, 0) is 11.3 Å². The van der Waals surface area contributed by atoms with Crippen molar-refractivity contribution in [3.05, 3.63) is 59.9 Å². The third-order valence-corrected chi connectivity index (χ3v) is 5.70. The first-order valence-electron chi connectivity index (χ1n) is 9.22. The van der Waals surface area contributed by atoms with Gasteiger partial charge in [0.15, 0.2) is 0 Å². The number of nitrogens with one attached hydrogen (secondary N) is 2. The molecule has 2 N–H and O–H groups in total. The fraction of sp³-hybridized carbons (Fsp3) is 0.450. The van der Waals surface area contributed by atoms with Crippen molar-refractivity contribution < 1.29 is 4.79 Å². The molecule has 4 unspecified atom stereocenters. The minimum absolute atomic E-state index is 0.156. The molecular formula is C20H26N4O. The Kier molecular flexibility index (Phi) is 4.36. The maximum absolute atomic E-state index is 13.3. The van der Waals surface area contributed by atoms with Crippen LogP contribution < -0.4 is 10.9 Å². The molecular weight excluding hydrogens is 312 g/mol. The summed E-state index contributed by atoms with van der Waals surface area (Å²) >= 11 is 0. The number of rotatable bonds is 3. The molecule has 2 aliphatic heterocycles. The summed E-state index contributed by atoms with van der Waals surface area (Å²) in [6, 6.07) is 14.7. The molecule has 0 saturated carbocycles. The van der Waals surface area contributed by atoms with Gasteiger partial charge in [-0.05, 0) is 24.1 Å². The monoisotopic (exact) mass is 338 g/mol. The van der Waals surface area contributed by atoms with E-state index in [0.717, 1.165) is 19.5 Å². The lowest BCUT2D eigenvalue weighted by atomic mass is 9.90. The molecule has 25 heavy (non-hydrogen) atoms. The molecule has 2 aliphatic rings. The van der Waals surface area contributed by atoms with E-state index in [-0.39, 0.29) is 30.0 Å². The standard InChI is InChI=1S/C20H26N4O/c1-3-16-17-10-7-11-23(17)12-13-24(16)20(25)19-14(2)18(21-22-19)15-8-5-4-6-9-15/h4-11,14,16,18-19,21-22H,3,12-13H2,1-2H3. The van der Waals surface area contributed by atoms with Crippen LogP contribution in [0.2, 0.25) is 0 Å². The molecule has 132 valence electrons. The highest BCUT2D eigenvalue weighted by atomic mass is 16.2. The summed E-state index contributed by atoms with van der Waals surface area (Å²) < 4.78 is 2.27. The summed E-state index contributed by atoms with van der Waals surface area (Å²) in [6.45, 7) is 5.96. The lowest BCUT2D eigenvalue weighted by Crippen LogP contribution is -2.51. The number of fused-ring (bicyclic) bond motifs is 1. The molecule has 1 fully saturated rings. The molecule has 0 radical (unpaired) electrons. The number of hydrazine groups is 1. The van der Waals surface area contributed by atoms with Gasteiger partial charge in [-0.25, -0.2) is 10.9 Å². The van der Waals surface area contributed by atoms with E-state index >= 15 is 0 Å². The summed E-state index contributed by atoms with van der Waals surface area (Å²) in [4.78, 5) is 15.4. The summed E-state index contributed by atoms with van der Waals surface area (Å²) in [5, 5.41) is 0. The maximum Gasteiger partial charge on any atom is 0.242 e. The largest absolute Gasteiger partial charge is 0.348 e. The highest BCUT2D eigenvalue weighted by Crippen LogP contribution is 2.33. The molecule has 0 bridgehead atoms. The number of benzene rings is 1. The lowest BCUT2D eigenvalue weighted by Gasteiger charge is -2.38. The minimum atomic E-state index is -0.194. The molecule has 2 aromatic rings. The SMILES string of the molecule is CCC1c2cccn2CCN1C(=O)C1NNC(c2ccccc2)C1C. The second kappa shape index (κ2) is 6.65. The highest BCUT2D eigenvalue weighted by Gasteiger charge is 2.42. The minimum Gasteiger partial charge on any atom is -0.348 e. The topological polar surface area (TPSA) is 49.3 Å². The number of aromatic nitrogens is 1. The Hall–Kier alpha value is -2.11. The van der Waals surface area contributed by atoms with Crippen molar-refractivity contribution >= 4 is 5.91 Å². The first-order chi connectivity index (χ1) is 12.2. The zero-order chi connectivity index (χ0) is 17.4. The molecule has 4 atom stereocenters. The van der Waals surface area contributed by atoms with Crippen LogP contribution in [0.15, 0.2) is 48.7 Å². The number of carbonyl (C=O) groups is 1. The van der Waals surface area contributed by atoms with Crippen LogP contribution in [0.5, 0.6) is 0 Å². The van der Waals surface area contributed by atoms with Gasteiger partial charge < -0.3 is 9.47 Å². The Morgan fingerprint density at radius 2 is 1.92 bits per heavy atom. The number of amides is 1. The molecule has 0 aliphatic carbocycles. The van der Waals surface area contributed by atoms with Crippen LogP contribution in [0.1, 0.15) is 43.6 Å². The first-order valence-corrected chi connectivity index (χ1v) is 9.22. The van der Waals surface area contributed by atoms with Crippen LogP contribution >= 0.6 is 0 Å². The van der Waals surface area contributed by atoms with Gasteiger partial charge in [0.25, 0.3) is 0 Å². The molecule has 1 amide bonds. The fourth-order valence-corrected chi connectivity index (χ4v) is 4.31. The Balaban J connectivity index is 1.53. The molecule has 4 rings (SSSR count). The van der Waals surface area contributed by atoms with E-state index in [1.54, 1.807) is 0 Å². The van der Waals surface area contributed by atoms with Gasteiger partial charge in [0.2, 0.25) is 5.91 Å². The summed E-state index contributed by atoms with van der Waals surface area (Å²) in [5.41, 5.74) is 9.07. The van der Waals surface area contributed by atoms with Crippen LogP contribution in [0, 0.1) is 5.92 Å². The van der Waals surface area contributed by atoms with Gasteiger partial charge in [-0.1, -0.05) is 44.2 Å². The number of carbonyl (C=O) groups excluding carboxylic acids is 1. The van der Waals surface area contributed by atoms with Crippen LogP contribution in [-0.4, -0.2) is 28.0 Å². The van der Waals surface area contributed by atoms with Crippen molar-refractivity contribution in [2.24, 2.45) is 5.92 Å². The van der Waals surface area contributed by atoms with Crippen molar-refractivity contribution in [3.8, 4) is 0 Å². The number of hydrogen-bond donors (Lipinski definition) is 2. The Morgan fingerprint density at radius 3 is 2.68 bits per heavy atom. The molecule has 1 aromatic carbocycles. The molecule has 0 spiro atoms. The fourth-order valence-electron chi connectivity index (χ4n) is 4.31. The first kappa shape index (κ1) is 16.4. The predicted octanol–water partition coefficient (Wildman–Crippen LogP) is 2.64. The van der Waals surface area contributed by atoms with E-state index < -0.39 is 0 Å². The van der Waals surface area contributed by atoms with E-state index in [0.29, 0.717) is 0 Å². The van der Waals surface area contributed by atoms with Crippen molar-refractivity contribution in [1.82, 2.24) is 20.3 Å². The van der Waals surface area contributed by atoms with Gasteiger partial charge >= 0.3 is 0 Å². The second-order valence-electron chi connectivity index (χ2n) is 7.10. The third kappa shape index (κ3) is 2.77. The normalized spacial score (nSPS) is 28.8. The zero-order valence-corrected chi connectivity index (χ0v) is 14.9. The Morgan fingerprint density at radius 1 is 1.12 bits per heavy atom. The van der Waals surface area contributed by atoms with Crippen molar-refractivity contribution in [2.45, 2.75) is 44.9 Å². The maximum atomic E-state index is 13.3. The molecule has 3 heterocycles.